The molecule has 4 rings (SSSR count). The molecule has 0 saturated carbocycles. The van der Waals surface area contributed by atoms with Crippen molar-refractivity contribution in [3.05, 3.63) is 59.4 Å². The Labute approximate surface area is 186 Å². The van der Waals surface area contributed by atoms with Crippen LogP contribution in [0, 0.1) is 0 Å². The molecule has 0 radical (unpaired) electrons. The molecule has 162 valence electrons. The van der Waals surface area contributed by atoms with Crippen LogP contribution < -0.4 is 10.1 Å². The minimum atomic E-state index is -0.162. The summed E-state index contributed by atoms with van der Waals surface area (Å²) in [6, 6.07) is 14.8. The van der Waals surface area contributed by atoms with Crippen LogP contribution in [0.4, 0.5) is 0 Å². The Morgan fingerprint density at radius 3 is 2.58 bits per heavy atom. The zero-order chi connectivity index (χ0) is 21.6. The van der Waals surface area contributed by atoms with Gasteiger partial charge in [0, 0.05) is 31.1 Å². The number of halogens is 1. The largest absolute Gasteiger partial charge is 0.486 e. The Bertz CT molecular complexity index is 1060. The van der Waals surface area contributed by atoms with Crippen LogP contribution in [0.3, 0.4) is 0 Å². The molecule has 0 spiro atoms. The van der Waals surface area contributed by atoms with Crippen molar-refractivity contribution in [2.45, 2.75) is 32.4 Å². The Balaban J connectivity index is 1.39. The maximum Gasteiger partial charge on any atom is 0.240 e. The lowest BCUT2D eigenvalue weighted by molar-refractivity contribution is -0.130. The van der Waals surface area contributed by atoms with Gasteiger partial charge in [-0.15, -0.1) is 0 Å². The predicted octanol–water partition coefficient (Wildman–Crippen LogP) is 3.40. The monoisotopic (exact) mass is 440 g/mol. The highest BCUT2D eigenvalue weighted by atomic mass is 35.5. The van der Waals surface area contributed by atoms with Crippen LogP contribution in [0.1, 0.15) is 25.1 Å². The highest BCUT2D eigenvalue weighted by Gasteiger charge is 2.18. The molecule has 2 heterocycles. The minimum absolute atomic E-state index is 0.0999. The van der Waals surface area contributed by atoms with Crippen LogP contribution in [0.25, 0.3) is 11.0 Å². The molecular weight excluding hydrogens is 416 g/mol. The summed E-state index contributed by atoms with van der Waals surface area (Å²) in [5, 5.41) is 3.50. The van der Waals surface area contributed by atoms with Gasteiger partial charge in [0.2, 0.25) is 11.8 Å². The van der Waals surface area contributed by atoms with E-state index in [2.05, 4.69) is 10.3 Å². The average Bonchev–Trinajstić information content (AvgIpc) is 3.42. The van der Waals surface area contributed by atoms with Crippen molar-refractivity contribution >= 4 is 34.4 Å². The Hall–Kier alpha value is -3.06. The zero-order valence-electron chi connectivity index (χ0n) is 17.2. The average molecular weight is 441 g/mol. The van der Waals surface area contributed by atoms with Crippen molar-refractivity contribution in [3.63, 3.8) is 0 Å². The van der Waals surface area contributed by atoms with Gasteiger partial charge in [0.25, 0.3) is 0 Å². The Kier molecular flexibility index (Phi) is 6.72. The number of hydrogen-bond acceptors (Lipinski definition) is 4. The highest BCUT2D eigenvalue weighted by molar-refractivity contribution is 6.30. The topological polar surface area (TPSA) is 76.5 Å². The lowest BCUT2D eigenvalue weighted by Crippen LogP contribution is -2.34. The second-order valence-corrected chi connectivity index (χ2v) is 7.97. The molecule has 1 fully saturated rings. The maximum absolute atomic E-state index is 12.6. The molecule has 1 N–H and O–H groups in total. The van der Waals surface area contributed by atoms with E-state index in [-0.39, 0.29) is 25.0 Å². The number of carbonyl (C=O) groups is 2. The van der Waals surface area contributed by atoms with Crippen molar-refractivity contribution in [3.8, 4) is 5.75 Å². The van der Waals surface area contributed by atoms with Crippen molar-refractivity contribution in [1.82, 2.24) is 19.8 Å². The zero-order valence-corrected chi connectivity index (χ0v) is 18.0. The minimum Gasteiger partial charge on any atom is -0.486 e. The standard InChI is InChI=1S/C23H25ClN4O3/c24-17-7-9-18(10-8-17)31-16-21-26-19-5-1-2-6-20(19)28(21)15-22(29)25-12-11-23(30)27-13-3-4-14-27/h1-2,5-10H,3-4,11-16H2,(H,25,29). The summed E-state index contributed by atoms with van der Waals surface area (Å²) < 4.78 is 7.69. The first-order valence-corrected chi connectivity index (χ1v) is 10.8. The lowest BCUT2D eigenvalue weighted by atomic mass is 10.3. The van der Waals surface area contributed by atoms with Gasteiger partial charge in [0.15, 0.2) is 0 Å². The molecule has 0 aliphatic carbocycles. The summed E-state index contributed by atoms with van der Waals surface area (Å²) in [7, 11) is 0. The molecule has 2 amide bonds. The molecule has 1 aliphatic heterocycles. The number of aromatic nitrogens is 2. The van der Waals surface area contributed by atoms with Gasteiger partial charge < -0.3 is 19.5 Å². The first-order valence-electron chi connectivity index (χ1n) is 10.5. The van der Waals surface area contributed by atoms with Gasteiger partial charge in [-0.25, -0.2) is 4.98 Å². The van der Waals surface area contributed by atoms with Gasteiger partial charge in [-0.2, -0.15) is 0 Å². The number of nitrogens with one attached hydrogen (secondary N) is 1. The summed E-state index contributed by atoms with van der Waals surface area (Å²) >= 11 is 5.92. The van der Waals surface area contributed by atoms with Gasteiger partial charge in [-0.05, 0) is 49.2 Å². The third-order valence-corrected chi connectivity index (χ3v) is 5.59. The van der Waals surface area contributed by atoms with Gasteiger partial charge in [0.05, 0.1) is 11.0 Å². The van der Waals surface area contributed by atoms with E-state index in [9.17, 15) is 9.59 Å². The molecule has 1 saturated heterocycles. The molecule has 7 nitrogen and oxygen atoms in total. The van der Waals surface area contributed by atoms with Crippen LogP contribution in [-0.4, -0.2) is 45.9 Å². The number of para-hydroxylation sites is 2. The van der Waals surface area contributed by atoms with E-state index in [0.717, 1.165) is 37.0 Å². The van der Waals surface area contributed by atoms with Crippen molar-refractivity contribution in [1.29, 1.82) is 0 Å². The fraction of sp³-hybridized carbons (Fsp3) is 0.348. The summed E-state index contributed by atoms with van der Waals surface area (Å²) in [5.74, 6) is 1.26. The van der Waals surface area contributed by atoms with E-state index >= 15 is 0 Å². The summed E-state index contributed by atoms with van der Waals surface area (Å²) in [4.78, 5) is 31.2. The number of rotatable bonds is 8. The Morgan fingerprint density at radius 2 is 1.81 bits per heavy atom. The SMILES string of the molecule is O=C(Cn1c(COc2ccc(Cl)cc2)nc2ccccc21)NCCC(=O)N1CCCC1. The molecule has 1 aliphatic rings. The number of ether oxygens (including phenoxy) is 1. The number of fused-ring (bicyclic) bond motifs is 1. The Morgan fingerprint density at radius 1 is 1.06 bits per heavy atom. The number of imidazole rings is 1. The quantitative estimate of drug-likeness (QED) is 0.582. The van der Waals surface area contributed by atoms with Crippen LogP contribution in [0.15, 0.2) is 48.5 Å². The first kappa shape index (κ1) is 21.2. The number of carbonyl (C=O) groups excluding carboxylic acids is 2. The number of amides is 2. The van der Waals surface area contributed by atoms with Gasteiger partial charge in [-0.1, -0.05) is 23.7 Å². The molecule has 0 atom stereocenters. The van der Waals surface area contributed by atoms with Gasteiger partial charge in [0.1, 0.15) is 24.7 Å². The fourth-order valence-corrected chi connectivity index (χ4v) is 3.85. The predicted molar refractivity (Wildman–Crippen MR) is 119 cm³/mol. The van der Waals surface area contributed by atoms with Crippen LogP contribution in [-0.2, 0) is 22.7 Å². The highest BCUT2D eigenvalue weighted by Crippen LogP contribution is 2.20. The molecule has 2 aromatic carbocycles. The molecule has 31 heavy (non-hydrogen) atoms. The maximum atomic E-state index is 12.6. The number of benzene rings is 2. The molecular formula is C23H25ClN4O3. The van der Waals surface area contributed by atoms with E-state index in [1.807, 2.05) is 33.7 Å². The van der Waals surface area contributed by atoms with Crippen molar-refractivity contribution < 1.29 is 14.3 Å². The van der Waals surface area contributed by atoms with E-state index in [1.54, 1.807) is 24.3 Å². The summed E-state index contributed by atoms with van der Waals surface area (Å²) in [5.41, 5.74) is 1.66. The fourth-order valence-electron chi connectivity index (χ4n) is 3.72. The molecule has 8 heteroatoms. The number of likely N-dealkylation sites (tertiary alicyclic amines) is 1. The van der Waals surface area contributed by atoms with Crippen LogP contribution in [0.5, 0.6) is 5.75 Å². The van der Waals surface area contributed by atoms with E-state index in [4.69, 9.17) is 16.3 Å². The smallest absolute Gasteiger partial charge is 0.240 e. The molecule has 1 aromatic heterocycles. The third kappa shape index (κ3) is 5.35. The first-order chi connectivity index (χ1) is 15.1. The second kappa shape index (κ2) is 9.83. The van der Waals surface area contributed by atoms with E-state index < -0.39 is 0 Å². The van der Waals surface area contributed by atoms with Gasteiger partial charge in [-0.3, -0.25) is 9.59 Å². The van der Waals surface area contributed by atoms with Crippen LogP contribution >= 0.6 is 11.6 Å². The van der Waals surface area contributed by atoms with Crippen molar-refractivity contribution in [2.24, 2.45) is 0 Å². The molecule has 0 bridgehead atoms. The summed E-state index contributed by atoms with van der Waals surface area (Å²) in [6.45, 7) is 2.31. The third-order valence-electron chi connectivity index (χ3n) is 5.34. The summed E-state index contributed by atoms with van der Waals surface area (Å²) in [6.07, 6.45) is 2.45. The van der Waals surface area contributed by atoms with Gasteiger partial charge >= 0.3 is 0 Å². The molecule has 0 unspecified atom stereocenters. The normalized spacial score (nSPS) is 13.5. The lowest BCUT2D eigenvalue weighted by Gasteiger charge is -2.15. The van der Waals surface area contributed by atoms with E-state index in [1.165, 1.54) is 0 Å². The number of nitrogens with zero attached hydrogens (tertiary/aromatic N) is 3. The molecule has 3 aromatic rings. The van der Waals surface area contributed by atoms with Crippen molar-refractivity contribution in [2.75, 3.05) is 19.6 Å². The van der Waals surface area contributed by atoms with E-state index in [0.29, 0.717) is 29.6 Å². The second-order valence-electron chi connectivity index (χ2n) is 7.53. The number of hydrogen-bond donors (Lipinski definition) is 1. The van der Waals surface area contributed by atoms with Crippen LogP contribution in [0.2, 0.25) is 5.02 Å².